The lowest BCUT2D eigenvalue weighted by molar-refractivity contribution is -0.139. The molecular formula is C17H22N2O2. The van der Waals surface area contributed by atoms with Crippen molar-refractivity contribution in [3.8, 4) is 0 Å². The molecule has 1 unspecified atom stereocenters. The third-order valence-corrected chi connectivity index (χ3v) is 4.72. The van der Waals surface area contributed by atoms with E-state index in [-0.39, 0.29) is 11.8 Å². The summed E-state index contributed by atoms with van der Waals surface area (Å²) in [5, 5.41) is 0. The van der Waals surface area contributed by atoms with Crippen molar-refractivity contribution >= 4 is 17.5 Å². The fraction of sp³-hybridized carbons (Fsp3) is 0.529. The number of likely N-dealkylation sites (tertiary alicyclic amines) is 1. The van der Waals surface area contributed by atoms with E-state index < -0.39 is 5.92 Å². The molecule has 2 saturated heterocycles. The molecule has 0 saturated carbocycles. The second kappa shape index (κ2) is 5.51. The maximum absolute atomic E-state index is 12.6. The predicted octanol–water partition coefficient (Wildman–Crippen LogP) is 2.28. The Morgan fingerprint density at radius 2 is 1.81 bits per heavy atom. The summed E-state index contributed by atoms with van der Waals surface area (Å²) in [5.41, 5.74) is 3.31. The standard InChI is InChI=1S/C17H22N2O2/c1-12-5-6-14(11-13(12)2)19-10-7-15(17(19)21)16(20)18-8-3-4-9-18/h5-6,11,15H,3-4,7-10H2,1-2H3. The maximum Gasteiger partial charge on any atom is 0.239 e. The van der Waals surface area contributed by atoms with Crippen molar-refractivity contribution in [2.75, 3.05) is 24.5 Å². The number of rotatable bonds is 2. The number of aryl methyl sites for hydroxylation is 2. The molecule has 1 aromatic carbocycles. The van der Waals surface area contributed by atoms with Crippen LogP contribution in [0.15, 0.2) is 18.2 Å². The predicted molar refractivity (Wildman–Crippen MR) is 82.2 cm³/mol. The van der Waals surface area contributed by atoms with Crippen LogP contribution >= 0.6 is 0 Å². The van der Waals surface area contributed by atoms with Crippen molar-refractivity contribution in [2.45, 2.75) is 33.1 Å². The van der Waals surface area contributed by atoms with Crippen LogP contribution in [0, 0.1) is 19.8 Å². The summed E-state index contributed by atoms with van der Waals surface area (Å²) < 4.78 is 0. The molecule has 2 aliphatic heterocycles. The number of benzene rings is 1. The largest absolute Gasteiger partial charge is 0.342 e. The topological polar surface area (TPSA) is 40.6 Å². The fourth-order valence-corrected chi connectivity index (χ4v) is 3.22. The Balaban J connectivity index is 1.76. The van der Waals surface area contributed by atoms with E-state index in [9.17, 15) is 9.59 Å². The minimum atomic E-state index is -0.468. The minimum Gasteiger partial charge on any atom is -0.342 e. The third-order valence-electron chi connectivity index (χ3n) is 4.72. The summed E-state index contributed by atoms with van der Waals surface area (Å²) in [6.07, 6.45) is 2.77. The summed E-state index contributed by atoms with van der Waals surface area (Å²) in [6.45, 7) is 6.38. The Bertz CT molecular complexity index is 576. The van der Waals surface area contributed by atoms with Crippen LogP contribution in [-0.4, -0.2) is 36.3 Å². The van der Waals surface area contributed by atoms with Gasteiger partial charge >= 0.3 is 0 Å². The van der Waals surface area contributed by atoms with Gasteiger partial charge < -0.3 is 9.80 Å². The smallest absolute Gasteiger partial charge is 0.239 e. The monoisotopic (exact) mass is 286 g/mol. The molecule has 2 fully saturated rings. The minimum absolute atomic E-state index is 0.0313. The van der Waals surface area contributed by atoms with Crippen molar-refractivity contribution in [3.63, 3.8) is 0 Å². The van der Waals surface area contributed by atoms with Gasteiger partial charge in [0.2, 0.25) is 11.8 Å². The van der Waals surface area contributed by atoms with Gasteiger partial charge in [0, 0.05) is 25.3 Å². The van der Waals surface area contributed by atoms with E-state index in [2.05, 4.69) is 6.92 Å². The zero-order chi connectivity index (χ0) is 15.0. The van der Waals surface area contributed by atoms with Crippen LogP contribution in [-0.2, 0) is 9.59 Å². The van der Waals surface area contributed by atoms with E-state index in [1.807, 2.05) is 30.0 Å². The van der Waals surface area contributed by atoms with Crippen LogP contribution in [0.4, 0.5) is 5.69 Å². The molecule has 4 heteroatoms. The molecule has 2 aliphatic rings. The summed E-state index contributed by atoms with van der Waals surface area (Å²) in [6, 6.07) is 6.05. The molecule has 3 rings (SSSR count). The van der Waals surface area contributed by atoms with Gasteiger partial charge in [0.25, 0.3) is 0 Å². The maximum atomic E-state index is 12.6. The van der Waals surface area contributed by atoms with Gasteiger partial charge in [-0.1, -0.05) is 6.07 Å². The second-order valence-electron chi connectivity index (χ2n) is 6.13. The SMILES string of the molecule is Cc1ccc(N2CCC(C(=O)N3CCCC3)C2=O)cc1C. The van der Waals surface area contributed by atoms with Crippen LogP contribution in [0.5, 0.6) is 0 Å². The number of carbonyl (C=O) groups excluding carboxylic acids is 2. The summed E-state index contributed by atoms with van der Waals surface area (Å²) >= 11 is 0. The molecule has 1 atom stereocenters. The molecule has 4 nitrogen and oxygen atoms in total. The third kappa shape index (κ3) is 2.55. The lowest BCUT2D eigenvalue weighted by atomic mass is 10.1. The van der Waals surface area contributed by atoms with Gasteiger partial charge in [-0.15, -0.1) is 0 Å². The van der Waals surface area contributed by atoms with Gasteiger partial charge in [-0.2, -0.15) is 0 Å². The molecule has 21 heavy (non-hydrogen) atoms. The van der Waals surface area contributed by atoms with E-state index >= 15 is 0 Å². The molecule has 0 bridgehead atoms. The Kier molecular flexibility index (Phi) is 3.70. The molecule has 1 aromatic rings. The number of hydrogen-bond donors (Lipinski definition) is 0. The van der Waals surface area contributed by atoms with Gasteiger partial charge in [-0.25, -0.2) is 0 Å². The van der Waals surface area contributed by atoms with E-state index in [1.54, 1.807) is 4.90 Å². The Labute approximate surface area is 125 Å². The number of anilines is 1. The molecule has 0 radical (unpaired) electrons. The zero-order valence-corrected chi connectivity index (χ0v) is 12.8. The van der Waals surface area contributed by atoms with Crippen LogP contribution in [0.1, 0.15) is 30.4 Å². The van der Waals surface area contributed by atoms with Gasteiger partial charge in [0.1, 0.15) is 5.92 Å². The van der Waals surface area contributed by atoms with Gasteiger partial charge in [0.15, 0.2) is 0 Å². The molecule has 2 amide bonds. The van der Waals surface area contributed by atoms with Crippen LogP contribution in [0.25, 0.3) is 0 Å². The average Bonchev–Trinajstić information content (AvgIpc) is 3.11. The lowest BCUT2D eigenvalue weighted by Gasteiger charge is -2.20. The van der Waals surface area contributed by atoms with E-state index in [4.69, 9.17) is 0 Å². The summed E-state index contributed by atoms with van der Waals surface area (Å²) in [5.74, 6) is -0.469. The Hall–Kier alpha value is -1.84. The van der Waals surface area contributed by atoms with Crippen molar-refractivity contribution in [2.24, 2.45) is 5.92 Å². The van der Waals surface area contributed by atoms with Gasteiger partial charge in [0.05, 0.1) is 0 Å². The van der Waals surface area contributed by atoms with Crippen molar-refractivity contribution in [3.05, 3.63) is 29.3 Å². The highest BCUT2D eigenvalue weighted by Crippen LogP contribution is 2.28. The number of carbonyl (C=O) groups is 2. The number of hydrogen-bond acceptors (Lipinski definition) is 2. The first-order chi connectivity index (χ1) is 10.1. The second-order valence-corrected chi connectivity index (χ2v) is 6.13. The quantitative estimate of drug-likeness (QED) is 0.783. The molecule has 0 spiro atoms. The van der Waals surface area contributed by atoms with Crippen LogP contribution in [0.2, 0.25) is 0 Å². The average molecular weight is 286 g/mol. The molecule has 0 aliphatic carbocycles. The van der Waals surface area contributed by atoms with Gasteiger partial charge in [-0.3, -0.25) is 9.59 Å². The fourth-order valence-electron chi connectivity index (χ4n) is 3.22. The van der Waals surface area contributed by atoms with E-state index in [0.717, 1.165) is 31.6 Å². The lowest BCUT2D eigenvalue weighted by Crippen LogP contribution is -2.38. The number of nitrogens with zero attached hydrogens (tertiary/aromatic N) is 2. The number of amides is 2. The first-order valence-electron chi connectivity index (χ1n) is 7.75. The highest BCUT2D eigenvalue weighted by atomic mass is 16.2. The summed E-state index contributed by atoms with van der Waals surface area (Å²) in [7, 11) is 0. The van der Waals surface area contributed by atoms with Crippen molar-refractivity contribution in [1.29, 1.82) is 0 Å². The van der Waals surface area contributed by atoms with Gasteiger partial charge in [-0.05, 0) is 56.4 Å². The molecule has 0 aromatic heterocycles. The zero-order valence-electron chi connectivity index (χ0n) is 12.8. The van der Waals surface area contributed by atoms with E-state index in [1.165, 1.54) is 11.1 Å². The van der Waals surface area contributed by atoms with Crippen molar-refractivity contribution in [1.82, 2.24) is 4.90 Å². The molecule has 112 valence electrons. The Morgan fingerprint density at radius 3 is 2.48 bits per heavy atom. The molecular weight excluding hydrogens is 264 g/mol. The van der Waals surface area contributed by atoms with Crippen LogP contribution < -0.4 is 4.90 Å². The van der Waals surface area contributed by atoms with Crippen LogP contribution in [0.3, 0.4) is 0 Å². The molecule has 2 heterocycles. The molecule has 0 N–H and O–H groups in total. The first kappa shape index (κ1) is 14.1. The first-order valence-corrected chi connectivity index (χ1v) is 7.75. The highest BCUT2D eigenvalue weighted by Gasteiger charge is 2.40. The Morgan fingerprint density at radius 1 is 1.10 bits per heavy atom. The highest BCUT2D eigenvalue weighted by molar-refractivity contribution is 6.09. The normalized spacial score (nSPS) is 22.2. The van der Waals surface area contributed by atoms with E-state index in [0.29, 0.717) is 13.0 Å². The summed E-state index contributed by atoms with van der Waals surface area (Å²) in [4.78, 5) is 28.6. The van der Waals surface area contributed by atoms with Crippen molar-refractivity contribution < 1.29 is 9.59 Å².